The molecule has 0 radical (unpaired) electrons. The normalized spacial score (nSPS) is 15.9. The number of nitrogens with one attached hydrogen (secondary N) is 2. The Labute approximate surface area is 106 Å². The summed E-state index contributed by atoms with van der Waals surface area (Å²) in [6.07, 6.45) is 2.10. The van der Waals surface area contributed by atoms with Crippen LogP contribution in [0.2, 0.25) is 0 Å². The number of hydrogen-bond donors (Lipinski definition) is 2. The van der Waals surface area contributed by atoms with Crippen LogP contribution in [0.1, 0.15) is 19.8 Å². The summed E-state index contributed by atoms with van der Waals surface area (Å²) in [5.74, 6) is -0.318. The Bertz CT molecular complexity index is 447. The first-order chi connectivity index (χ1) is 8.60. The van der Waals surface area contributed by atoms with Gasteiger partial charge in [-0.2, -0.15) is 0 Å². The molecule has 1 atom stereocenters. The molecule has 2 rings (SSSR count). The van der Waals surface area contributed by atoms with Gasteiger partial charge in [-0.25, -0.2) is 4.39 Å². The summed E-state index contributed by atoms with van der Waals surface area (Å²) in [7, 11) is 1.41. The molecule has 0 heterocycles. The highest BCUT2D eigenvalue weighted by atomic mass is 19.1. The molecule has 1 aromatic carbocycles. The van der Waals surface area contributed by atoms with Crippen molar-refractivity contribution in [1.29, 1.82) is 0 Å². The van der Waals surface area contributed by atoms with E-state index in [9.17, 15) is 9.18 Å². The molecule has 1 aliphatic rings. The largest absolute Gasteiger partial charge is 0.494 e. The summed E-state index contributed by atoms with van der Waals surface area (Å²) in [4.78, 5) is 11.7. The summed E-state index contributed by atoms with van der Waals surface area (Å²) in [5.41, 5.74) is 0.562. The van der Waals surface area contributed by atoms with E-state index < -0.39 is 11.9 Å². The van der Waals surface area contributed by atoms with E-state index in [2.05, 4.69) is 10.6 Å². The standard InChI is InChI=1S/C13H17FN2O2/c1-8(13(17)16-9-3-4-9)15-10-5-6-12(18-2)11(14)7-10/h5-9,15H,3-4H2,1-2H3,(H,16,17). The van der Waals surface area contributed by atoms with Crippen molar-refractivity contribution in [1.82, 2.24) is 5.32 Å². The fourth-order valence-corrected chi connectivity index (χ4v) is 1.63. The number of benzene rings is 1. The van der Waals surface area contributed by atoms with Crippen molar-refractivity contribution in [2.24, 2.45) is 0 Å². The van der Waals surface area contributed by atoms with Crippen LogP contribution in [0.5, 0.6) is 5.75 Å². The van der Waals surface area contributed by atoms with E-state index in [0.717, 1.165) is 12.8 Å². The van der Waals surface area contributed by atoms with Gasteiger partial charge in [0.05, 0.1) is 7.11 Å². The second-order valence-electron chi connectivity index (χ2n) is 4.50. The molecule has 0 aliphatic heterocycles. The topological polar surface area (TPSA) is 50.4 Å². The Balaban J connectivity index is 1.95. The lowest BCUT2D eigenvalue weighted by Gasteiger charge is -2.15. The Morgan fingerprint density at radius 1 is 1.50 bits per heavy atom. The van der Waals surface area contributed by atoms with Gasteiger partial charge in [0.15, 0.2) is 11.6 Å². The summed E-state index contributed by atoms with van der Waals surface area (Å²) in [6.45, 7) is 1.75. The summed E-state index contributed by atoms with van der Waals surface area (Å²) >= 11 is 0. The van der Waals surface area contributed by atoms with Crippen molar-refractivity contribution >= 4 is 11.6 Å². The zero-order valence-corrected chi connectivity index (χ0v) is 10.5. The smallest absolute Gasteiger partial charge is 0.242 e. The van der Waals surface area contributed by atoms with Crippen molar-refractivity contribution in [3.05, 3.63) is 24.0 Å². The minimum absolute atomic E-state index is 0.0614. The van der Waals surface area contributed by atoms with Crippen molar-refractivity contribution in [3.8, 4) is 5.75 Å². The minimum Gasteiger partial charge on any atom is -0.494 e. The molecule has 4 nitrogen and oxygen atoms in total. The number of anilines is 1. The molecule has 2 N–H and O–H groups in total. The van der Waals surface area contributed by atoms with E-state index in [1.165, 1.54) is 19.2 Å². The number of halogens is 1. The van der Waals surface area contributed by atoms with Crippen LogP contribution in [-0.4, -0.2) is 25.1 Å². The van der Waals surface area contributed by atoms with Crippen molar-refractivity contribution in [2.75, 3.05) is 12.4 Å². The number of methoxy groups -OCH3 is 1. The Hall–Kier alpha value is -1.78. The molecule has 0 saturated heterocycles. The Morgan fingerprint density at radius 3 is 2.78 bits per heavy atom. The average molecular weight is 252 g/mol. The maximum Gasteiger partial charge on any atom is 0.242 e. The zero-order chi connectivity index (χ0) is 13.1. The van der Waals surface area contributed by atoms with Crippen LogP contribution in [0.15, 0.2) is 18.2 Å². The van der Waals surface area contributed by atoms with Crippen LogP contribution in [0.4, 0.5) is 10.1 Å². The van der Waals surface area contributed by atoms with Gasteiger partial charge in [0.1, 0.15) is 6.04 Å². The molecule has 98 valence electrons. The van der Waals surface area contributed by atoms with Crippen LogP contribution < -0.4 is 15.4 Å². The first-order valence-electron chi connectivity index (χ1n) is 6.00. The van der Waals surface area contributed by atoms with Gasteiger partial charge in [-0.15, -0.1) is 0 Å². The summed E-state index contributed by atoms with van der Waals surface area (Å²) in [5, 5.41) is 5.85. The lowest BCUT2D eigenvalue weighted by molar-refractivity contribution is -0.121. The summed E-state index contributed by atoms with van der Waals surface area (Å²) < 4.78 is 18.3. The number of hydrogen-bond acceptors (Lipinski definition) is 3. The molecule has 5 heteroatoms. The number of rotatable bonds is 5. The van der Waals surface area contributed by atoms with E-state index >= 15 is 0 Å². The molecule has 0 spiro atoms. The molecule has 0 aromatic heterocycles. The average Bonchev–Trinajstić information content (AvgIpc) is 3.13. The van der Waals surface area contributed by atoms with E-state index in [-0.39, 0.29) is 11.7 Å². The monoisotopic (exact) mass is 252 g/mol. The van der Waals surface area contributed by atoms with Gasteiger partial charge >= 0.3 is 0 Å². The first-order valence-corrected chi connectivity index (χ1v) is 6.00. The quantitative estimate of drug-likeness (QED) is 0.841. The van der Waals surface area contributed by atoms with Gasteiger partial charge in [-0.3, -0.25) is 4.79 Å². The van der Waals surface area contributed by atoms with Crippen molar-refractivity contribution < 1.29 is 13.9 Å². The zero-order valence-electron chi connectivity index (χ0n) is 10.5. The van der Waals surface area contributed by atoms with Crippen LogP contribution in [-0.2, 0) is 4.79 Å². The maximum atomic E-state index is 13.5. The van der Waals surface area contributed by atoms with E-state index in [1.54, 1.807) is 13.0 Å². The van der Waals surface area contributed by atoms with Gasteiger partial charge in [0.25, 0.3) is 0 Å². The van der Waals surface area contributed by atoms with Crippen molar-refractivity contribution in [3.63, 3.8) is 0 Å². The lowest BCUT2D eigenvalue weighted by atomic mass is 10.2. The third kappa shape index (κ3) is 3.12. The molecule has 1 aliphatic carbocycles. The minimum atomic E-state index is -0.447. The second-order valence-corrected chi connectivity index (χ2v) is 4.50. The molecular formula is C13H17FN2O2. The van der Waals surface area contributed by atoms with Crippen molar-refractivity contribution in [2.45, 2.75) is 31.8 Å². The number of ether oxygens (including phenoxy) is 1. The fourth-order valence-electron chi connectivity index (χ4n) is 1.63. The number of amides is 1. The molecule has 1 saturated carbocycles. The van der Waals surface area contributed by atoms with Crippen LogP contribution in [0, 0.1) is 5.82 Å². The summed E-state index contributed by atoms with van der Waals surface area (Å²) in [6, 6.07) is 4.47. The SMILES string of the molecule is COc1ccc(NC(C)C(=O)NC2CC2)cc1F. The van der Waals surface area contributed by atoms with Gasteiger partial charge in [0.2, 0.25) is 5.91 Å². The first kappa shape index (κ1) is 12.7. The van der Waals surface area contributed by atoms with Crippen LogP contribution >= 0.6 is 0 Å². The van der Waals surface area contributed by atoms with Gasteiger partial charge in [-0.05, 0) is 31.9 Å². The fraction of sp³-hybridized carbons (Fsp3) is 0.462. The molecule has 1 amide bonds. The van der Waals surface area contributed by atoms with Crippen LogP contribution in [0.25, 0.3) is 0 Å². The lowest BCUT2D eigenvalue weighted by Crippen LogP contribution is -2.38. The predicted molar refractivity (Wildman–Crippen MR) is 67.2 cm³/mol. The van der Waals surface area contributed by atoms with Gasteiger partial charge in [0, 0.05) is 17.8 Å². The molecule has 1 fully saturated rings. The van der Waals surface area contributed by atoms with Gasteiger partial charge < -0.3 is 15.4 Å². The molecular weight excluding hydrogens is 235 g/mol. The van der Waals surface area contributed by atoms with E-state index in [4.69, 9.17) is 4.74 Å². The second kappa shape index (κ2) is 5.25. The van der Waals surface area contributed by atoms with E-state index in [0.29, 0.717) is 11.7 Å². The van der Waals surface area contributed by atoms with Crippen LogP contribution in [0.3, 0.4) is 0 Å². The maximum absolute atomic E-state index is 13.5. The third-order valence-electron chi connectivity index (χ3n) is 2.85. The molecule has 18 heavy (non-hydrogen) atoms. The Kier molecular flexibility index (Phi) is 3.69. The molecule has 0 bridgehead atoms. The Morgan fingerprint density at radius 2 is 2.22 bits per heavy atom. The highest BCUT2D eigenvalue weighted by Gasteiger charge is 2.25. The highest BCUT2D eigenvalue weighted by Crippen LogP contribution is 2.22. The third-order valence-corrected chi connectivity index (χ3v) is 2.85. The number of carbonyl (C=O) groups is 1. The molecule has 1 aromatic rings. The highest BCUT2D eigenvalue weighted by molar-refractivity contribution is 5.84. The predicted octanol–water partition coefficient (Wildman–Crippen LogP) is 1.91. The molecule has 1 unspecified atom stereocenters. The van der Waals surface area contributed by atoms with E-state index in [1.807, 2.05) is 0 Å². The van der Waals surface area contributed by atoms with Gasteiger partial charge in [-0.1, -0.05) is 0 Å². The number of carbonyl (C=O) groups excluding carboxylic acids is 1.